The van der Waals surface area contributed by atoms with Gasteiger partial charge in [0.05, 0.1) is 4.92 Å². The fourth-order valence-corrected chi connectivity index (χ4v) is 1.80. The summed E-state index contributed by atoms with van der Waals surface area (Å²) in [5, 5.41) is 11.0. The fourth-order valence-electron chi connectivity index (χ4n) is 1.80. The molecule has 1 radical (unpaired) electrons. The average molecular weight is 354 g/mol. The summed E-state index contributed by atoms with van der Waals surface area (Å²) in [4.78, 5) is 20.6. The Kier molecular flexibility index (Phi) is 16.6. The van der Waals surface area contributed by atoms with Gasteiger partial charge < -0.3 is 0 Å². The van der Waals surface area contributed by atoms with E-state index < -0.39 is 0 Å². The monoisotopic (exact) mass is 354 g/mol. The highest BCUT2D eigenvalue weighted by Crippen LogP contribution is 2.02. The molecule has 0 heterocycles. The zero-order valence-corrected chi connectivity index (χ0v) is 15.4. The van der Waals surface area contributed by atoms with Gasteiger partial charge in [0.1, 0.15) is 0 Å². The molecule has 0 saturated heterocycles. The van der Waals surface area contributed by atoms with Crippen LogP contribution in [0.25, 0.3) is 0 Å². The minimum Gasteiger partial charge on any atom is -0.291 e. The van der Waals surface area contributed by atoms with Crippen LogP contribution in [0.5, 0.6) is 0 Å². The van der Waals surface area contributed by atoms with Crippen LogP contribution < -0.4 is 0 Å². The van der Waals surface area contributed by atoms with Gasteiger partial charge in [0.25, 0.3) is 5.70 Å². The van der Waals surface area contributed by atoms with Crippen molar-refractivity contribution in [2.75, 3.05) is 0 Å². The third-order valence-corrected chi connectivity index (χ3v) is 3.10. The van der Waals surface area contributed by atoms with Gasteiger partial charge in [-0.15, -0.1) is 0 Å². The van der Waals surface area contributed by atoms with Gasteiger partial charge in [-0.25, -0.2) is 0 Å². The molecule has 139 valence electrons. The van der Waals surface area contributed by atoms with E-state index >= 15 is 0 Å². The Hall–Kier alpha value is -2.75. The van der Waals surface area contributed by atoms with Crippen molar-refractivity contribution in [3.05, 3.63) is 94.8 Å². The van der Waals surface area contributed by atoms with E-state index in [-0.39, 0.29) is 10.6 Å². The van der Waals surface area contributed by atoms with Crippen LogP contribution in [0.3, 0.4) is 0 Å². The van der Waals surface area contributed by atoms with Crippen molar-refractivity contribution >= 4 is 6.29 Å². The SMILES string of the molecule is CC/C=C\C/C=C\C\C=C(/C=C\C=C/C=C\C/C=C\CC[C]=O)[N+](=O)[O-]. The number of carbonyl (C=O) groups excluding carboxylic acids is 1. The topological polar surface area (TPSA) is 60.2 Å². The molecule has 0 fully saturated rings. The summed E-state index contributed by atoms with van der Waals surface area (Å²) in [5.41, 5.74) is 0.0855. The molecule has 0 rings (SSSR count). The molecule has 0 aliphatic rings. The number of rotatable bonds is 14. The first-order valence-electron chi connectivity index (χ1n) is 8.86. The van der Waals surface area contributed by atoms with Crippen molar-refractivity contribution in [3.8, 4) is 0 Å². The lowest BCUT2D eigenvalue weighted by atomic mass is 10.2. The maximum atomic E-state index is 11.0. The number of allylic oxidation sites excluding steroid dienone is 13. The molecule has 26 heavy (non-hydrogen) atoms. The first kappa shape index (κ1) is 23.2. The van der Waals surface area contributed by atoms with Gasteiger partial charge in [0.2, 0.25) is 0 Å². The highest BCUT2D eigenvalue weighted by Gasteiger charge is 2.02. The quantitative estimate of drug-likeness (QED) is 0.127. The molecular formula is C22H28NO3. The van der Waals surface area contributed by atoms with Gasteiger partial charge in [-0.2, -0.15) is 0 Å². The lowest BCUT2D eigenvalue weighted by Crippen LogP contribution is -1.94. The molecular weight excluding hydrogens is 326 g/mol. The van der Waals surface area contributed by atoms with Gasteiger partial charge in [-0.3, -0.25) is 14.9 Å². The molecule has 0 saturated carbocycles. The highest BCUT2D eigenvalue weighted by atomic mass is 16.6. The molecule has 0 unspecified atom stereocenters. The van der Waals surface area contributed by atoms with Crippen LogP contribution in [-0.2, 0) is 4.79 Å². The lowest BCUT2D eigenvalue weighted by molar-refractivity contribution is -0.419. The van der Waals surface area contributed by atoms with E-state index in [1.54, 1.807) is 18.2 Å². The minimum atomic E-state index is -0.382. The van der Waals surface area contributed by atoms with E-state index in [0.717, 1.165) is 25.7 Å². The second kappa shape index (κ2) is 18.6. The van der Waals surface area contributed by atoms with Crippen LogP contribution in [0.15, 0.2) is 84.7 Å². The average Bonchev–Trinajstić information content (AvgIpc) is 2.63. The summed E-state index contributed by atoms with van der Waals surface area (Å²) in [7, 11) is 0. The molecule has 0 aliphatic carbocycles. The summed E-state index contributed by atoms with van der Waals surface area (Å²) < 4.78 is 0. The number of unbranched alkanes of at least 4 members (excludes halogenated alkanes) is 1. The molecule has 0 aromatic rings. The Bertz CT molecular complexity index is 591. The van der Waals surface area contributed by atoms with E-state index in [2.05, 4.69) is 19.1 Å². The van der Waals surface area contributed by atoms with Gasteiger partial charge in [0.15, 0.2) is 6.29 Å². The molecule has 0 aromatic heterocycles. The van der Waals surface area contributed by atoms with E-state index in [4.69, 9.17) is 0 Å². The summed E-state index contributed by atoms with van der Waals surface area (Å²) in [6.07, 6.45) is 30.4. The zero-order valence-electron chi connectivity index (χ0n) is 15.4. The molecule has 0 atom stereocenters. The maximum absolute atomic E-state index is 11.0. The predicted octanol–water partition coefficient (Wildman–Crippen LogP) is 5.95. The summed E-state index contributed by atoms with van der Waals surface area (Å²) in [6, 6.07) is 0. The molecule has 0 aliphatic heterocycles. The van der Waals surface area contributed by atoms with Crippen molar-refractivity contribution < 1.29 is 9.72 Å². The Morgan fingerprint density at radius 1 is 0.885 bits per heavy atom. The summed E-state index contributed by atoms with van der Waals surface area (Å²) in [5.74, 6) is 0. The van der Waals surface area contributed by atoms with Crippen molar-refractivity contribution in [1.29, 1.82) is 0 Å². The predicted molar refractivity (Wildman–Crippen MR) is 109 cm³/mol. The van der Waals surface area contributed by atoms with E-state index in [1.165, 1.54) is 6.08 Å². The molecule has 0 N–H and O–H groups in total. The molecule has 0 aromatic carbocycles. The molecule has 0 spiro atoms. The van der Waals surface area contributed by atoms with E-state index in [0.29, 0.717) is 12.8 Å². The molecule has 4 heteroatoms. The lowest BCUT2D eigenvalue weighted by Gasteiger charge is -1.89. The van der Waals surface area contributed by atoms with E-state index in [1.807, 2.05) is 48.8 Å². The van der Waals surface area contributed by atoms with Crippen LogP contribution in [0.1, 0.15) is 45.4 Å². The maximum Gasteiger partial charge on any atom is 0.265 e. The van der Waals surface area contributed by atoms with E-state index in [9.17, 15) is 14.9 Å². The number of nitro groups is 1. The second-order valence-corrected chi connectivity index (χ2v) is 5.27. The van der Waals surface area contributed by atoms with Gasteiger partial charge in [0, 0.05) is 12.5 Å². The Balaban J connectivity index is 4.25. The Labute approximate surface area is 156 Å². The van der Waals surface area contributed by atoms with Crippen LogP contribution in [-0.4, -0.2) is 11.2 Å². The summed E-state index contributed by atoms with van der Waals surface area (Å²) >= 11 is 0. The number of hydrogen-bond acceptors (Lipinski definition) is 3. The van der Waals surface area contributed by atoms with Gasteiger partial charge in [-0.1, -0.05) is 73.8 Å². The number of hydrogen-bond donors (Lipinski definition) is 0. The van der Waals surface area contributed by atoms with Crippen LogP contribution in [0.4, 0.5) is 0 Å². The van der Waals surface area contributed by atoms with Gasteiger partial charge in [-0.05, 0) is 38.2 Å². The third kappa shape index (κ3) is 16.1. The largest absolute Gasteiger partial charge is 0.291 e. The van der Waals surface area contributed by atoms with Crippen LogP contribution >= 0.6 is 0 Å². The van der Waals surface area contributed by atoms with Crippen molar-refractivity contribution in [1.82, 2.24) is 0 Å². The first-order valence-corrected chi connectivity index (χ1v) is 8.86. The fraction of sp³-hybridized carbons (Fsp3) is 0.318. The molecule has 0 bridgehead atoms. The third-order valence-electron chi connectivity index (χ3n) is 3.10. The van der Waals surface area contributed by atoms with Crippen molar-refractivity contribution in [3.63, 3.8) is 0 Å². The molecule has 0 amide bonds. The Morgan fingerprint density at radius 3 is 2.27 bits per heavy atom. The van der Waals surface area contributed by atoms with Gasteiger partial charge >= 0.3 is 0 Å². The summed E-state index contributed by atoms with van der Waals surface area (Å²) in [6.45, 7) is 2.08. The Morgan fingerprint density at radius 2 is 1.54 bits per heavy atom. The standard InChI is InChI=1S/C22H28NO3/c1-2-3-4-5-10-13-16-19-22(23(25)26)20-17-14-11-8-6-7-9-12-15-18-21-24/h3-4,6,8-14,17,19-20H,2,5,7,15-16,18H2,1H3/b4-3-,8-6-,12-9-,13-10-,14-11-,20-17-,22-19+. The van der Waals surface area contributed by atoms with Crippen molar-refractivity contribution in [2.24, 2.45) is 0 Å². The smallest absolute Gasteiger partial charge is 0.265 e. The first-order chi connectivity index (χ1) is 12.7. The van der Waals surface area contributed by atoms with Crippen LogP contribution in [0.2, 0.25) is 0 Å². The zero-order chi connectivity index (χ0) is 19.3. The minimum absolute atomic E-state index is 0.0855. The molecule has 4 nitrogen and oxygen atoms in total. The highest BCUT2D eigenvalue weighted by molar-refractivity contribution is 5.50. The number of nitrogens with zero attached hydrogens (tertiary/aromatic N) is 1. The second-order valence-electron chi connectivity index (χ2n) is 5.27. The van der Waals surface area contributed by atoms with Crippen LogP contribution in [0, 0.1) is 10.1 Å². The van der Waals surface area contributed by atoms with Crippen molar-refractivity contribution in [2.45, 2.75) is 45.4 Å². The normalized spacial score (nSPS) is 13.5.